The van der Waals surface area contributed by atoms with E-state index in [9.17, 15) is 9.59 Å². The van der Waals surface area contributed by atoms with E-state index >= 15 is 0 Å². The number of hydrogen-bond donors (Lipinski definition) is 2. The first kappa shape index (κ1) is 17.2. The Morgan fingerprint density at radius 1 is 1.22 bits per heavy atom. The van der Waals surface area contributed by atoms with Crippen molar-refractivity contribution in [2.45, 2.75) is 13.8 Å². The normalized spacial score (nSPS) is 10.8. The van der Waals surface area contributed by atoms with E-state index in [1.165, 1.54) is 17.4 Å². The summed E-state index contributed by atoms with van der Waals surface area (Å²) in [5.74, 6) is -0.520. The predicted molar refractivity (Wildman–Crippen MR) is 96.3 cm³/mol. The summed E-state index contributed by atoms with van der Waals surface area (Å²) in [4.78, 5) is 25.1. The summed E-state index contributed by atoms with van der Waals surface area (Å²) in [6.45, 7) is 3.79. The van der Waals surface area contributed by atoms with Crippen LogP contribution in [0.2, 0.25) is 5.02 Å². The van der Waals surface area contributed by atoms with Crippen molar-refractivity contribution in [3.63, 3.8) is 0 Å². The summed E-state index contributed by atoms with van der Waals surface area (Å²) >= 11 is 7.43. The number of carbonyl (C=O) groups excluding carboxylic acids is 2. The standard InChI is InChI=1S/C17H17ClN2O2S/c1-10-11(2)23-17(15(10)16(22)19-3)20-14(21)9-8-12-6-4-5-7-13(12)18/h4-9H,1-3H3,(H,19,22)(H,20,21). The minimum absolute atomic E-state index is 0.211. The third kappa shape index (κ3) is 4.00. The van der Waals surface area contributed by atoms with Gasteiger partial charge in [-0.25, -0.2) is 0 Å². The van der Waals surface area contributed by atoms with Gasteiger partial charge in [-0.15, -0.1) is 11.3 Å². The zero-order valence-electron chi connectivity index (χ0n) is 13.1. The van der Waals surface area contributed by atoms with E-state index in [2.05, 4.69) is 10.6 Å². The molecule has 0 saturated carbocycles. The summed E-state index contributed by atoms with van der Waals surface area (Å²) in [5.41, 5.74) is 2.14. The number of aryl methyl sites for hydroxylation is 1. The van der Waals surface area contributed by atoms with E-state index in [0.717, 1.165) is 16.0 Å². The first-order chi connectivity index (χ1) is 10.9. The van der Waals surface area contributed by atoms with Crippen LogP contribution in [0, 0.1) is 13.8 Å². The molecule has 2 N–H and O–H groups in total. The molecule has 2 amide bonds. The number of rotatable bonds is 4. The molecular weight excluding hydrogens is 332 g/mol. The van der Waals surface area contributed by atoms with Crippen LogP contribution >= 0.6 is 22.9 Å². The van der Waals surface area contributed by atoms with Gasteiger partial charge in [0.25, 0.3) is 5.91 Å². The number of thiophene rings is 1. The van der Waals surface area contributed by atoms with E-state index in [1.54, 1.807) is 19.2 Å². The average molecular weight is 349 g/mol. The summed E-state index contributed by atoms with van der Waals surface area (Å²) in [6, 6.07) is 7.25. The lowest BCUT2D eigenvalue weighted by Gasteiger charge is -2.04. The molecule has 0 spiro atoms. The minimum atomic E-state index is -0.309. The molecule has 6 heteroatoms. The SMILES string of the molecule is CNC(=O)c1c(NC(=O)C=Cc2ccccc2Cl)sc(C)c1C. The first-order valence-corrected chi connectivity index (χ1v) is 8.19. The number of carbonyl (C=O) groups is 2. The van der Waals surface area contributed by atoms with E-state index in [4.69, 9.17) is 11.6 Å². The van der Waals surface area contributed by atoms with Crippen LogP contribution in [0.1, 0.15) is 26.4 Å². The van der Waals surface area contributed by atoms with Crippen molar-refractivity contribution < 1.29 is 9.59 Å². The Hall–Kier alpha value is -2.11. The molecule has 0 saturated heterocycles. The minimum Gasteiger partial charge on any atom is -0.355 e. The number of amides is 2. The first-order valence-electron chi connectivity index (χ1n) is 6.99. The predicted octanol–water partition coefficient (Wildman–Crippen LogP) is 4.03. The highest BCUT2D eigenvalue weighted by molar-refractivity contribution is 7.16. The highest BCUT2D eigenvalue weighted by atomic mass is 35.5. The van der Waals surface area contributed by atoms with Crippen molar-refractivity contribution in [2.24, 2.45) is 0 Å². The fourth-order valence-corrected chi connectivity index (χ4v) is 3.30. The van der Waals surface area contributed by atoms with Gasteiger partial charge in [-0.1, -0.05) is 29.8 Å². The van der Waals surface area contributed by atoms with E-state index in [-0.39, 0.29) is 11.8 Å². The van der Waals surface area contributed by atoms with Crippen LogP contribution in [0.25, 0.3) is 6.08 Å². The van der Waals surface area contributed by atoms with Gasteiger partial charge in [-0.3, -0.25) is 9.59 Å². The van der Waals surface area contributed by atoms with Crippen molar-refractivity contribution in [1.29, 1.82) is 0 Å². The van der Waals surface area contributed by atoms with Gasteiger partial charge in [0.05, 0.1) is 5.56 Å². The summed E-state index contributed by atoms with van der Waals surface area (Å²) in [6.07, 6.45) is 3.05. The smallest absolute Gasteiger partial charge is 0.254 e. The zero-order chi connectivity index (χ0) is 17.0. The molecule has 2 aromatic rings. The lowest BCUT2D eigenvalue weighted by molar-refractivity contribution is -0.111. The van der Waals surface area contributed by atoms with Crippen LogP contribution in [-0.4, -0.2) is 18.9 Å². The Morgan fingerprint density at radius 3 is 2.57 bits per heavy atom. The second-order valence-corrected chi connectivity index (χ2v) is 6.54. The van der Waals surface area contributed by atoms with Crippen LogP contribution in [0.5, 0.6) is 0 Å². The van der Waals surface area contributed by atoms with Gasteiger partial charge in [0.1, 0.15) is 5.00 Å². The molecule has 0 fully saturated rings. The van der Waals surface area contributed by atoms with Gasteiger partial charge >= 0.3 is 0 Å². The van der Waals surface area contributed by atoms with E-state index in [1.807, 2.05) is 32.0 Å². The maximum absolute atomic E-state index is 12.1. The lowest BCUT2D eigenvalue weighted by atomic mass is 10.1. The fourth-order valence-electron chi connectivity index (χ4n) is 2.04. The zero-order valence-corrected chi connectivity index (χ0v) is 14.6. The Kier molecular flexibility index (Phi) is 5.58. The molecule has 0 atom stereocenters. The second-order valence-electron chi connectivity index (χ2n) is 4.91. The number of nitrogens with one attached hydrogen (secondary N) is 2. The van der Waals surface area contributed by atoms with Gasteiger partial charge in [0, 0.05) is 23.0 Å². The Morgan fingerprint density at radius 2 is 1.91 bits per heavy atom. The van der Waals surface area contributed by atoms with Crippen molar-refractivity contribution in [2.75, 3.05) is 12.4 Å². The van der Waals surface area contributed by atoms with Crippen molar-refractivity contribution in [3.8, 4) is 0 Å². The molecule has 1 heterocycles. The van der Waals surface area contributed by atoms with Crippen LogP contribution in [0.4, 0.5) is 5.00 Å². The Balaban J connectivity index is 2.20. The quantitative estimate of drug-likeness (QED) is 0.819. The largest absolute Gasteiger partial charge is 0.355 e. The summed E-state index contributed by atoms with van der Waals surface area (Å²) < 4.78 is 0. The molecule has 0 radical (unpaired) electrons. The number of hydrogen-bond acceptors (Lipinski definition) is 3. The molecule has 0 aliphatic rings. The molecule has 0 bridgehead atoms. The second kappa shape index (κ2) is 7.44. The molecule has 0 unspecified atom stereocenters. The van der Waals surface area contributed by atoms with Crippen molar-refractivity contribution in [1.82, 2.24) is 5.32 Å². The van der Waals surface area contributed by atoms with Gasteiger partial charge in [0.15, 0.2) is 0 Å². The topological polar surface area (TPSA) is 58.2 Å². The fraction of sp³-hybridized carbons (Fsp3) is 0.176. The lowest BCUT2D eigenvalue weighted by Crippen LogP contribution is -2.20. The maximum atomic E-state index is 12.1. The van der Waals surface area contributed by atoms with E-state index in [0.29, 0.717) is 15.6 Å². The molecular formula is C17H17ClN2O2S. The summed E-state index contributed by atoms with van der Waals surface area (Å²) in [5, 5.41) is 6.49. The van der Waals surface area contributed by atoms with Crippen LogP contribution < -0.4 is 10.6 Å². The third-order valence-corrected chi connectivity index (χ3v) is 4.86. The van der Waals surface area contributed by atoms with E-state index < -0.39 is 0 Å². The average Bonchev–Trinajstić information content (AvgIpc) is 2.80. The molecule has 23 heavy (non-hydrogen) atoms. The molecule has 1 aromatic carbocycles. The van der Waals surface area contributed by atoms with Crippen LogP contribution in [-0.2, 0) is 4.79 Å². The van der Waals surface area contributed by atoms with Gasteiger partial charge in [0.2, 0.25) is 5.91 Å². The Labute approximate surface area is 144 Å². The molecule has 0 aliphatic heterocycles. The number of halogens is 1. The third-order valence-electron chi connectivity index (χ3n) is 3.40. The summed E-state index contributed by atoms with van der Waals surface area (Å²) in [7, 11) is 1.57. The molecule has 2 rings (SSSR count). The van der Waals surface area contributed by atoms with Gasteiger partial charge in [-0.2, -0.15) is 0 Å². The highest BCUT2D eigenvalue weighted by Crippen LogP contribution is 2.32. The molecule has 1 aromatic heterocycles. The maximum Gasteiger partial charge on any atom is 0.254 e. The van der Waals surface area contributed by atoms with Crippen LogP contribution in [0.15, 0.2) is 30.3 Å². The number of benzene rings is 1. The van der Waals surface area contributed by atoms with Crippen LogP contribution in [0.3, 0.4) is 0 Å². The van der Waals surface area contributed by atoms with Crippen molar-refractivity contribution in [3.05, 3.63) is 56.9 Å². The molecule has 0 aliphatic carbocycles. The van der Waals surface area contributed by atoms with Crippen molar-refractivity contribution >= 4 is 45.8 Å². The number of anilines is 1. The van der Waals surface area contributed by atoms with Gasteiger partial charge < -0.3 is 10.6 Å². The highest BCUT2D eigenvalue weighted by Gasteiger charge is 2.19. The molecule has 120 valence electrons. The van der Waals surface area contributed by atoms with Gasteiger partial charge in [-0.05, 0) is 37.1 Å². The molecule has 4 nitrogen and oxygen atoms in total. The monoisotopic (exact) mass is 348 g/mol. The Bertz CT molecular complexity index is 781.